The molecule has 1 fully saturated rings. The Bertz CT molecular complexity index is 187. The van der Waals surface area contributed by atoms with Crippen molar-refractivity contribution in [2.45, 2.75) is 38.1 Å². The number of hydrogen-bond donors (Lipinski definition) is 0. The molecule has 1 aliphatic heterocycles. The summed E-state index contributed by atoms with van der Waals surface area (Å²) in [6.45, 7) is 3.82. The molecule has 0 bridgehead atoms. The molecule has 1 rings (SSSR count). The summed E-state index contributed by atoms with van der Waals surface area (Å²) in [5.74, 6) is 0. The molecular formula is C8H13NO2. The minimum atomic E-state index is -0.709. The van der Waals surface area contributed by atoms with E-state index in [-0.39, 0.29) is 12.2 Å². The van der Waals surface area contributed by atoms with Gasteiger partial charge in [0.05, 0.1) is 12.2 Å². The maximum Gasteiger partial charge on any atom is 0.181 e. The van der Waals surface area contributed by atoms with Crippen LogP contribution >= 0.6 is 0 Å². The Hall–Kier alpha value is -0.590. The minimum absolute atomic E-state index is 0.118. The van der Waals surface area contributed by atoms with Crippen molar-refractivity contribution in [2.75, 3.05) is 7.11 Å². The number of nitriles is 1. The number of ether oxygens (including phenoxy) is 2. The van der Waals surface area contributed by atoms with E-state index in [1.54, 1.807) is 7.11 Å². The molecule has 1 saturated heterocycles. The lowest BCUT2D eigenvalue weighted by molar-refractivity contribution is -0.0281. The van der Waals surface area contributed by atoms with Crippen LogP contribution in [0.2, 0.25) is 0 Å². The van der Waals surface area contributed by atoms with Crippen LogP contribution in [0, 0.1) is 11.3 Å². The van der Waals surface area contributed by atoms with Gasteiger partial charge in [0.2, 0.25) is 0 Å². The summed E-state index contributed by atoms with van der Waals surface area (Å²) in [6.07, 6.45) is 0.679. The third kappa shape index (κ3) is 1.24. The van der Waals surface area contributed by atoms with Gasteiger partial charge in [-0.05, 0) is 13.8 Å². The average Bonchev–Trinajstić information content (AvgIpc) is 2.27. The summed E-state index contributed by atoms with van der Waals surface area (Å²) in [4.78, 5) is 0. The molecule has 3 unspecified atom stereocenters. The van der Waals surface area contributed by atoms with Gasteiger partial charge < -0.3 is 9.47 Å². The van der Waals surface area contributed by atoms with Crippen LogP contribution in [0.4, 0.5) is 0 Å². The maximum atomic E-state index is 8.85. The summed E-state index contributed by atoms with van der Waals surface area (Å²) < 4.78 is 10.6. The Kier molecular flexibility index (Phi) is 2.17. The van der Waals surface area contributed by atoms with Crippen LogP contribution in [0.15, 0.2) is 0 Å². The highest BCUT2D eigenvalue weighted by molar-refractivity contribution is 5.10. The first kappa shape index (κ1) is 8.51. The van der Waals surface area contributed by atoms with Crippen molar-refractivity contribution in [1.29, 1.82) is 5.26 Å². The van der Waals surface area contributed by atoms with Gasteiger partial charge in [-0.2, -0.15) is 5.26 Å². The quantitative estimate of drug-likeness (QED) is 0.569. The third-order valence-corrected chi connectivity index (χ3v) is 2.24. The second-order valence-electron chi connectivity index (χ2n) is 3.00. The van der Waals surface area contributed by atoms with Crippen LogP contribution in [-0.4, -0.2) is 24.9 Å². The topological polar surface area (TPSA) is 42.2 Å². The Labute approximate surface area is 66.9 Å². The smallest absolute Gasteiger partial charge is 0.181 e. The van der Waals surface area contributed by atoms with Gasteiger partial charge in [-0.25, -0.2) is 0 Å². The average molecular weight is 155 g/mol. The Morgan fingerprint density at radius 3 is 2.45 bits per heavy atom. The zero-order chi connectivity index (χ0) is 8.48. The van der Waals surface area contributed by atoms with E-state index < -0.39 is 5.60 Å². The molecule has 1 aliphatic rings. The zero-order valence-corrected chi connectivity index (χ0v) is 7.13. The third-order valence-electron chi connectivity index (χ3n) is 2.24. The highest BCUT2D eigenvalue weighted by Gasteiger charge is 2.45. The molecule has 0 radical (unpaired) electrons. The summed E-state index contributed by atoms with van der Waals surface area (Å²) in [5, 5.41) is 8.85. The van der Waals surface area contributed by atoms with Crippen molar-refractivity contribution in [1.82, 2.24) is 0 Å². The van der Waals surface area contributed by atoms with Crippen molar-refractivity contribution in [2.24, 2.45) is 0 Å². The second kappa shape index (κ2) is 2.80. The first-order valence-corrected chi connectivity index (χ1v) is 3.76. The van der Waals surface area contributed by atoms with Crippen molar-refractivity contribution in [3.05, 3.63) is 0 Å². The van der Waals surface area contributed by atoms with E-state index in [2.05, 4.69) is 6.07 Å². The Morgan fingerprint density at radius 1 is 1.64 bits per heavy atom. The van der Waals surface area contributed by atoms with Gasteiger partial charge in [-0.15, -0.1) is 0 Å². The number of rotatable bonds is 1. The van der Waals surface area contributed by atoms with Crippen LogP contribution in [0.25, 0.3) is 0 Å². The molecule has 0 aromatic carbocycles. The molecule has 3 nitrogen and oxygen atoms in total. The summed E-state index contributed by atoms with van der Waals surface area (Å²) in [5.41, 5.74) is -0.709. The number of nitrogens with zero attached hydrogens (tertiary/aromatic N) is 1. The fourth-order valence-corrected chi connectivity index (χ4v) is 1.53. The lowest BCUT2D eigenvalue weighted by atomic mass is 9.96. The van der Waals surface area contributed by atoms with Crippen LogP contribution in [-0.2, 0) is 9.47 Å². The summed E-state index contributed by atoms with van der Waals surface area (Å²) in [7, 11) is 1.56. The van der Waals surface area contributed by atoms with E-state index in [1.807, 2.05) is 13.8 Å². The molecule has 1 heterocycles. The molecule has 62 valence electrons. The highest BCUT2D eigenvalue weighted by Crippen LogP contribution is 2.32. The van der Waals surface area contributed by atoms with Gasteiger partial charge in [0.1, 0.15) is 6.07 Å². The molecule has 0 aliphatic carbocycles. The van der Waals surface area contributed by atoms with Crippen LogP contribution in [0.1, 0.15) is 20.3 Å². The van der Waals surface area contributed by atoms with Crippen molar-refractivity contribution < 1.29 is 9.47 Å². The number of hydrogen-bond acceptors (Lipinski definition) is 3. The van der Waals surface area contributed by atoms with Crippen LogP contribution < -0.4 is 0 Å². The second-order valence-corrected chi connectivity index (χ2v) is 3.00. The molecule has 3 atom stereocenters. The fourth-order valence-electron chi connectivity index (χ4n) is 1.53. The fraction of sp³-hybridized carbons (Fsp3) is 0.875. The maximum absolute atomic E-state index is 8.85. The van der Waals surface area contributed by atoms with E-state index in [9.17, 15) is 0 Å². The lowest BCUT2D eigenvalue weighted by Crippen LogP contribution is -2.36. The highest BCUT2D eigenvalue weighted by atomic mass is 16.6. The molecule has 0 saturated carbocycles. The largest absolute Gasteiger partial charge is 0.371 e. The predicted octanol–water partition coefficient (Wildman–Crippen LogP) is 1.09. The predicted molar refractivity (Wildman–Crippen MR) is 40.0 cm³/mol. The Morgan fingerprint density at radius 2 is 2.27 bits per heavy atom. The number of methoxy groups -OCH3 is 1. The van der Waals surface area contributed by atoms with Crippen molar-refractivity contribution in [3.63, 3.8) is 0 Å². The summed E-state index contributed by atoms with van der Waals surface area (Å²) >= 11 is 0. The SMILES string of the molecule is COC1(C#N)CC(C)OC1C. The normalized spacial score (nSPS) is 43.8. The van der Waals surface area contributed by atoms with Gasteiger partial charge in [-0.3, -0.25) is 0 Å². The molecule has 0 amide bonds. The van der Waals surface area contributed by atoms with Crippen LogP contribution in [0.5, 0.6) is 0 Å². The van der Waals surface area contributed by atoms with Gasteiger partial charge >= 0.3 is 0 Å². The summed E-state index contributed by atoms with van der Waals surface area (Å²) in [6, 6.07) is 2.16. The first-order valence-electron chi connectivity index (χ1n) is 3.76. The molecule has 0 aromatic heterocycles. The van der Waals surface area contributed by atoms with Gasteiger partial charge in [0.25, 0.3) is 0 Å². The monoisotopic (exact) mass is 155 g/mol. The van der Waals surface area contributed by atoms with Gasteiger partial charge in [0, 0.05) is 13.5 Å². The van der Waals surface area contributed by atoms with E-state index in [1.165, 1.54) is 0 Å². The lowest BCUT2D eigenvalue weighted by Gasteiger charge is -2.21. The molecule has 0 aromatic rings. The van der Waals surface area contributed by atoms with Gasteiger partial charge in [-0.1, -0.05) is 0 Å². The van der Waals surface area contributed by atoms with Crippen molar-refractivity contribution >= 4 is 0 Å². The zero-order valence-electron chi connectivity index (χ0n) is 7.13. The van der Waals surface area contributed by atoms with E-state index in [0.29, 0.717) is 6.42 Å². The van der Waals surface area contributed by atoms with E-state index in [0.717, 1.165) is 0 Å². The molecule has 0 N–H and O–H groups in total. The first-order chi connectivity index (χ1) is 5.14. The van der Waals surface area contributed by atoms with E-state index in [4.69, 9.17) is 14.7 Å². The van der Waals surface area contributed by atoms with E-state index >= 15 is 0 Å². The molecule has 3 heteroatoms. The molecular weight excluding hydrogens is 142 g/mol. The van der Waals surface area contributed by atoms with Crippen LogP contribution in [0.3, 0.4) is 0 Å². The molecule has 0 spiro atoms. The standard InChI is InChI=1S/C8H13NO2/c1-6-4-8(5-9,10-3)7(2)11-6/h6-7H,4H2,1-3H3. The van der Waals surface area contributed by atoms with Gasteiger partial charge in [0.15, 0.2) is 5.60 Å². The van der Waals surface area contributed by atoms with Crippen molar-refractivity contribution in [3.8, 4) is 6.07 Å². The molecule has 11 heavy (non-hydrogen) atoms. The minimum Gasteiger partial charge on any atom is -0.371 e. The Balaban J connectivity index is 2.78.